The number of likely N-dealkylation sites (tertiary alicyclic amines) is 1. The third kappa shape index (κ3) is 4.59. The second-order valence-corrected chi connectivity index (χ2v) is 6.54. The molecule has 0 radical (unpaired) electrons. The number of benzene rings is 1. The van der Waals surface area contributed by atoms with E-state index in [-0.39, 0.29) is 17.9 Å². The molecule has 0 atom stereocenters. The van der Waals surface area contributed by atoms with Crippen LogP contribution in [0.15, 0.2) is 42.6 Å². The summed E-state index contributed by atoms with van der Waals surface area (Å²) in [6, 6.07) is 11.2. The molecule has 1 aromatic carbocycles. The maximum atomic E-state index is 12.5. The molecule has 6 heteroatoms. The molecule has 1 aromatic heterocycles. The first-order valence-electron chi connectivity index (χ1n) is 8.77. The Labute approximate surface area is 153 Å². The van der Waals surface area contributed by atoms with Crippen LogP contribution in [0.4, 0.5) is 5.69 Å². The summed E-state index contributed by atoms with van der Waals surface area (Å²) in [5.41, 5.74) is 2.51. The number of nitrogens with one attached hydrogen (secondary N) is 1. The molecule has 0 bridgehead atoms. The first-order chi connectivity index (χ1) is 12.5. The molecule has 0 aliphatic carbocycles. The molecule has 6 nitrogen and oxygen atoms in total. The van der Waals surface area contributed by atoms with Gasteiger partial charge >= 0.3 is 0 Å². The number of amides is 2. The molecule has 3 rings (SSSR count). The predicted octanol–water partition coefficient (Wildman–Crippen LogP) is 3.03. The molecular weight excluding hydrogens is 330 g/mol. The van der Waals surface area contributed by atoms with Gasteiger partial charge in [0.25, 0.3) is 5.91 Å². The molecule has 0 spiro atoms. The first kappa shape index (κ1) is 17.9. The van der Waals surface area contributed by atoms with Crippen LogP contribution < -0.4 is 10.1 Å². The van der Waals surface area contributed by atoms with Crippen LogP contribution in [0.1, 0.15) is 35.7 Å². The summed E-state index contributed by atoms with van der Waals surface area (Å²) in [6.07, 6.45) is 3.16. The fourth-order valence-corrected chi connectivity index (χ4v) is 2.95. The highest BCUT2D eigenvalue weighted by Gasteiger charge is 2.24. The minimum atomic E-state index is -0.133. The van der Waals surface area contributed by atoms with Crippen molar-refractivity contribution in [3.63, 3.8) is 0 Å². The molecule has 1 saturated heterocycles. The van der Waals surface area contributed by atoms with Crippen molar-refractivity contribution in [2.24, 2.45) is 0 Å². The van der Waals surface area contributed by atoms with Crippen LogP contribution in [0.25, 0.3) is 0 Å². The summed E-state index contributed by atoms with van der Waals surface area (Å²) in [6.45, 7) is 4.80. The number of carbonyl (C=O) groups is 2. The van der Waals surface area contributed by atoms with E-state index in [0.717, 1.165) is 24.0 Å². The molecule has 1 fully saturated rings. The molecule has 1 N–H and O–H groups in total. The van der Waals surface area contributed by atoms with Gasteiger partial charge in [-0.15, -0.1) is 0 Å². The molecule has 2 aromatic rings. The zero-order valence-corrected chi connectivity index (χ0v) is 15.1. The van der Waals surface area contributed by atoms with Crippen molar-refractivity contribution >= 4 is 17.5 Å². The number of rotatable bonds is 4. The van der Waals surface area contributed by atoms with Crippen molar-refractivity contribution < 1.29 is 14.3 Å². The standard InChI is InChI=1S/C20H23N3O3/c1-14-3-5-16(6-4-14)20(25)23-11-9-18(10-12-23)26-19-8-7-17(13-21-19)22-15(2)24/h3-8,13,18H,9-12H2,1-2H3,(H,22,24). The number of anilines is 1. The van der Waals surface area contributed by atoms with E-state index in [1.807, 2.05) is 36.1 Å². The molecule has 0 unspecified atom stereocenters. The minimum absolute atomic E-state index is 0.0381. The van der Waals surface area contributed by atoms with E-state index >= 15 is 0 Å². The van der Waals surface area contributed by atoms with Crippen LogP contribution in [-0.2, 0) is 4.79 Å². The Morgan fingerprint density at radius 2 is 1.81 bits per heavy atom. The molecule has 26 heavy (non-hydrogen) atoms. The number of carbonyl (C=O) groups excluding carboxylic acids is 2. The predicted molar refractivity (Wildman–Crippen MR) is 99.3 cm³/mol. The highest BCUT2D eigenvalue weighted by molar-refractivity contribution is 5.94. The first-order valence-corrected chi connectivity index (χ1v) is 8.77. The van der Waals surface area contributed by atoms with Crippen molar-refractivity contribution in [3.05, 3.63) is 53.7 Å². The number of hydrogen-bond donors (Lipinski definition) is 1. The van der Waals surface area contributed by atoms with E-state index in [1.165, 1.54) is 6.92 Å². The van der Waals surface area contributed by atoms with E-state index in [4.69, 9.17) is 4.74 Å². The van der Waals surface area contributed by atoms with E-state index in [1.54, 1.807) is 18.3 Å². The average Bonchev–Trinajstić information content (AvgIpc) is 2.64. The lowest BCUT2D eigenvalue weighted by molar-refractivity contribution is -0.114. The molecule has 136 valence electrons. The number of hydrogen-bond acceptors (Lipinski definition) is 4. The average molecular weight is 353 g/mol. The van der Waals surface area contributed by atoms with Gasteiger partial charge in [-0.05, 0) is 25.1 Å². The Bertz CT molecular complexity index is 764. The van der Waals surface area contributed by atoms with E-state index in [9.17, 15) is 9.59 Å². The van der Waals surface area contributed by atoms with Crippen LogP contribution in [-0.4, -0.2) is 40.9 Å². The smallest absolute Gasteiger partial charge is 0.253 e. The highest BCUT2D eigenvalue weighted by atomic mass is 16.5. The van der Waals surface area contributed by atoms with E-state index in [0.29, 0.717) is 24.7 Å². The Kier molecular flexibility index (Phi) is 5.51. The number of piperidine rings is 1. The van der Waals surface area contributed by atoms with E-state index in [2.05, 4.69) is 10.3 Å². The fraction of sp³-hybridized carbons (Fsp3) is 0.350. The van der Waals surface area contributed by atoms with Gasteiger partial charge in [0.2, 0.25) is 11.8 Å². The highest BCUT2D eigenvalue weighted by Crippen LogP contribution is 2.20. The van der Waals surface area contributed by atoms with Gasteiger partial charge in [-0.1, -0.05) is 17.7 Å². The Balaban J connectivity index is 1.51. The lowest BCUT2D eigenvalue weighted by Crippen LogP contribution is -2.41. The number of ether oxygens (including phenoxy) is 1. The molecular formula is C20H23N3O3. The van der Waals surface area contributed by atoms with E-state index < -0.39 is 0 Å². The topological polar surface area (TPSA) is 71.5 Å². The summed E-state index contributed by atoms with van der Waals surface area (Å²) in [4.78, 5) is 29.6. The van der Waals surface area contributed by atoms with Crippen LogP contribution in [0.5, 0.6) is 5.88 Å². The largest absolute Gasteiger partial charge is 0.474 e. The van der Waals surface area contributed by atoms with Crippen molar-refractivity contribution in [1.29, 1.82) is 0 Å². The van der Waals surface area contributed by atoms with Gasteiger partial charge in [-0.3, -0.25) is 9.59 Å². The molecule has 1 aliphatic heterocycles. The Hall–Kier alpha value is -2.89. The maximum absolute atomic E-state index is 12.5. The third-order valence-corrected chi connectivity index (χ3v) is 4.37. The minimum Gasteiger partial charge on any atom is -0.474 e. The quantitative estimate of drug-likeness (QED) is 0.917. The number of pyridine rings is 1. The van der Waals surface area contributed by atoms with Crippen molar-refractivity contribution in [1.82, 2.24) is 9.88 Å². The fourth-order valence-electron chi connectivity index (χ4n) is 2.95. The SMILES string of the molecule is CC(=O)Nc1ccc(OC2CCN(C(=O)c3ccc(C)cc3)CC2)nc1. The Morgan fingerprint density at radius 3 is 2.38 bits per heavy atom. The zero-order valence-electron chi connectivity index (χ0n) is 15.1. The van der Waals surface area contributed by atoms with Gasteiger partial charge in [-0.2, -0.15) is 0 Å². The molecule has 2 amide bonds. The molecule has 0 saturated carbocycles. The second kappa shape index (κ2) is 7.99. The Morgan fingerprint density at radius 1 is 1.12 bits per heavy atom. The van der Waals surface area contributed by atoms with Crippen molar-refractivity contribution in [2.75, 3.05) is 18.4 Å². The van der Waals surface area contributed by atoms with Crippen LogP contribution in [0.3, 0.4) is 0 Å². The number of aryl methyl sites for hydroxylation is 1. The summed E-state index contributed by atoms with van der Waals surface area (Å²) < 4.78 is 5.90. The lowest BCUT2D eigenvalue weighted by Gasteiger charge is -2.32. The molecule has 1 aliphatic rings. The van der Waals surface area contributed by atoms with Gasteiger partial charge < -0.3 is 15.0 Å². The second-order valence-electron chi connectivity index (χ2n) is 6.54. The number of nitrogens with zero attached hydrogens (tertiary/aromatic N) is 2. The summed E-state index contributed by atoms with van der Waals surface area (Å²) in [5, 5.41) is 2.67. The van der Waals surface area contributed by atoms with Gasteiger partial charge in [0.05, 0.1) is 11.9 Å². The summed E-state index contributed by atoms with van der Waals surface area (Å²) in [7, 11) is 0. The van der Waals surface area contributed by atoms with Gasteiger partial charge in [-0.25, -0.2) is 4.98 Å². The van der Waals surface area contributed by atoms with Crippen LogP contribution in [0, 0.1) is 6.92 Å². The molecule has 2 heterocycles. The number of aromatic nitrogens is 1. The lowest BCUT2D eigenvalue weighted by atomic mass is 10.1. The monoisotopic (exact) mass is 353 g/mol. The van der Waals surface area contributed by atoms with Gasteiger partial charge in [0, 0.05) is 44.5 Å². The summed E-state index contributed by atoms with van der Waals surface area (Å²) >= 11 is 0. The summed E-state index contributed by atoms with van der Waals surface area (Å²) in [5.74, 6) is 0.467. The van der Waals surface area contributed by atoms with Crippen molar-refractivity contribution in [2.45, 2.75) is 32.8 Å². The maximum Gasteiger partial charge on any atom is 0.253 e. The van der Waals surface area contributed by atoms with Crippen LogP contribution in [0.2, 0.25) is 0 Å². The van der Waals surface area contributed by atoms with Crippen molar-refractivity contribution in [3.8, 4) is 5.88 Å². The normalized spacial score (nSPS) is 14.8. The van der Waals surface area contributed by atoms with Gasteiger partial charge in [0.1, 0.15) is 6.10 Å². The van der Waals surface area contributed by atoms with Crippen LogP contribution >= 0.6 is 0 Å². The third-order valence-electron chi connectivity index (χ3n) is 4.37. The zero-order chi connectivity index (χ0) is 18.5. The van der Waals surface area contributed by atoms with Gasteiger partial charge in [0.15, 0.2) is 0 Å².